The Bertz CT molecular complexity index is 692. The van der Waals surface area contributed by atoms with Crippen LogP contribution in [0.4, 0.5) is 0 Å². The molecule has 0 aliphatic carbocycles. The van der Waals surface area contributed by atoms with E-state index in [4.69, 9.17) is 21.4 Å². The number of benzene rings is 2. The van der Waals surface area contributed by atoms with Crippen LogP contribution in [0.25, 0.3) is 0 Å². The molecule has 2 aromatic carbocycles. The number of aliphatic carboxylic acids is 1. The fourth-order valence-corrected chi connectivity index (χ4v) is 3.67. The van der Waals surface area contributed by atoms with Crippen LogP contribution in [0.5, 0.6) is 5.75 Å². The van der Waals surface area contributed by atoms with Crippen LogP contribution >= 0.6 is 23.4 Å². The van der Waals surface area contributed by atoms with Gasteiger partial charge in [-0.05, 0) is 35.4 Å². The number of carboxylic acid groups (broad SMARTS) is 1. The van der Waals surface area contributed by atoms with E-state index < -0.39 is 12.0 Å². The molecule has 0 spiro atoms. The molecule has 1 saturated heterocycles. The molecule has 0 radical (unpaired) electrons. The van der Waals surface area contributed by atoms with Gasteiger partial charge in [-0.2, -0.15) is 0 Å². The standard InChI is InChI=1S/C17H16ClNO3S/c18-13-6-4-11(5-7-13)9-22-14-3-1-2-12(8-14)16-19-15(10-23-16)17(20)21/h1-8,15-16,19H,9-10H2,(H,20,21)/t15-,16-/m0/s1. The number of nitrogens with one attached hydrogen (secondary N) is 1. The van der Waals surface area contributed by atoms with E-state index in [1.807, 2.05) is 48.5 Å². The minimum absolute atomic E-state index is 0.0184. The molecule has 4 nitrogen and oxygen atoms in total. The van der Waals surface area contributed by atoms with E-state index >= 15 is 0 Å². The van der Waals surface area contributed by atoms with Crippen LogP contribution in [0.1, 0.15) is 16.5 Å². The second kappa shape index (κ2) is 7.25. The van der Waals surface area contributed by atoms with Gasteiger partial charge < -0.3 is 9.84 Å². The van der Waals surface area contributed by atoms with Crippen LogP contribution in [0.2, 0.25) is 5.02 Å². The van der Waals surface area contributed by atoms with Crippen LogP contribution in [0.3, 0.4) is 0 Å². The molecule has 0 bridgehead atoms. The quantitative estimate of drug-likeness (QED) is 0.861. The van der Waals surface area contributed by atoms with Gasteiger partial charge in [0.05, 0.1) is 5.37 Å². The third-order valence-corrected chi connectivity index (χ3v) is 5.08. The van der Waals surface area contributed by atoms with Crippen molar-refractivity contribution < 1.29 is 14.6 Å². The van der Waals surface area contributed by atoms with Crippen molar-refractivity contribution in [2.24, 2.45) is 0 Å². The van der Waals surface area contributed by atoms with Crippen molar-refractivity contribution >= 4 is 29.3 Å². The van der Waals surface area contributed by atoms with E-state index in [1.165, 1.54) is 0 Å². The summed E-state index contributed by atoms with van der Waals surface area (Å²) in [7, 11) is 0. The topological polar surface area (TPSA) is 58.6 Å². The largest absolute Gasteiger partial charge is 0.489 e. The van der Waals surface area contributed by atoms with Gasteiger partial charge in [0.1, 0.15) is 18.4 Å². The molecular formula is C17H16ClNO3S. The highest BCUT2D eigenvalue weighted by Gasteiger charge is 2.30. The van der Waals surface area contributed by atoms with E-state index in [2.05, 4.69) is 5.32 Å². The zero-order valence-electron chi connectivity index (χ0n) is 12.2. The first-order valence-corrected chi connectivity index (χ1v) is 8.62. The number of rotatable bonds is 5. The summed E-state index contributed by atoms with van der Waals surface area (Å²) in [5, 5.41) is 12.8. The van der Waals surface area contributed by atoms with E-state index in [9.17, 15) is 4.79 Å². The molecule has 0 saturated carbocycles. The van der Waals surface area contributed by atoms with E-state index in [1.54, 1.807) is 11.8 Å². The van der Waals surface area contributed by atoms with Gasteiger partial charge in [0.25, 0.3) is 0 Å². The van der Waals surface area contributed by atoms with Crippen LogP contribution in [-0.2, 0) is 11.4 Å². The van der Waals surface area contributed by atoms with Crippen molar-refractivity contribution in [3.8, 4) is 5.75 Å². The summed E-state index contributed by atoms with van der Waals surface area (Å²) in [5.41, 5.74) is 2.06. The van der Waals surface area contributed by atoms with Crippen molar-refractivity contribution in [3.63, 3.8) is 0 Å². The lowest BCUT2D eigenvalue weighted by Gasteiger charge is -2.13. The Morgan fingerprint density at radius 2 is 2.09 bits per heavy atom. The van der Waals surface area contributed by atoms with Crippen LogP contribution in [0, 0.1) is 0 Å². The highest BCUT2D eigenvalue weighted by Crippen LogP contribution is 2.34. The van der Waals surface area contributed by atoms with Crippen LogP contribution in [-0.4, -0.2) is 22.9 Å². The van der Waals surface area contributed by atoms with Crippen molar-refractivity contribution in [3.05, 3.63) is 64.7 Å². The van der Waals surface area contributed by atoms with Crippen molar-refractivity contribution in [2.75, 3.05) is 5.75 Å². The molecule has 1 fully saturated rings. The maximum atomic E-state index is 11.0. The van der Waals surface area contributed by atoms with Gasteiger partial charge in [-0.1, -0.05) is 35.9 Å². The molecule has 2 aromatic rings. The van der Waals surface area contributed by atoms with Gasteiger partial charge in [-0.25, -0.2) is 0 Å². The fraction of sp³-hybridized carbons (Fsp3) is 0.235. The Kier molecular flexibility index (Phi) is 5.10. The van der Waals surface area contributed by atoms with Gasteiger partial charge >= 0.3 is 5.97 Å². The van der Waals surface area contributed by atoms with Gasteiger partial charge in [0.2, 0.25) is 0 Å². The molecular weight excluding hydrogens is 334 g/mol. The maximum Gasteiger partial charge on any atom is 0.321 e. The number of halogens is 1. The van der Waals surface area contributed by atoms with E-state index in [-0.39, 0.29) is 5.37 Å². The third-order valence-electron chi connectivity index (χ3n) is 3.56. The van der Waals surface area contributed by atoms with E-state index in [0.29, 0.717) is 17.4 Å². The molecule has 1 heterocycles. The minimum Gasteiger partial charge on any atom is -0.489 e. The average Bonchev–Trinajstić information content (AvgIpc) is 3.05. The van der Waals surface area contributed by atoms with E-state index in [0.717, 1.165) is 16.9 Å². The smallest absolute Gasteiger partial charge is 0.321 e. The normalized spacial score (nSPS) is 20.4. The molecule has 3 rings (SSSR count). The monoisotopic (exact) mass is 349 g/mol. The number of carboxylic acids is 1. The molecule has 0 unspecified atom stereocenters. The number of thioether (sulfide) groups is 1. The van der Waals surface area contributed by atoms with Crippen molar-refractivity contribution in [1.82, 2.24) is 5.32 Å². The molecule has 0 amide bonds. The Labute approximate surface area is 143 Å². The summed E-state index contributed by atoms with van der Waals surface area (Å²) < 4.78 is 5.81. The predicted molar refractivity (Wildman–Crippen MR) is 92.0 cm³/mol. The Hall–Kier alpha value is -1.69. The number of hydrogen-bond acceptors (Lipinski definition) is 4. The molecule has 23 heavy (non-hydrogen) atoms. The molecule has 120 valence electrons. The van der Waals surface area contributed by atoms with Gasteiger partial charge in [-0.3, -0.25) is 10.1 Å². The minimum atomic E-state index is -0.810. The van der Waals surface area contributed by atoms with Crippen LogP contribution in [0.15, 0.2) is 48.5 Å². The summed E-state index contributed by atoms with van der Waals surface area (Å²) in [6, 6.07) is 14.8. The average molecular weight is 350 g/mol. The first kappa shape index (κ1) is 16.2. The summed E-state index contributed by atoms with van der Waals surface area (Å²) in [6.07, 6.45) is 0. The zero-order valence-corrected chi connectivity index (χ0v) is 13.8. The molecule has 1 aliphatic heterocycles. The molecule has 1 aliphatic rings. The third kappa shape index (κ3) is 4.19. The number of ether oxygens (including phenoxy) is 1. The number of carbonyl (C=O) groups is 1. The summed E-state index contributed by atoms with van der Waals surface area (Å²) >= 11 is 7.46. The Morgan fingerprint density at radius 3 is 2.78 bits per heavy atom. The lowest BCUT2D eigenvalue weighted by molar-refractivity contribution is -0.138. The lowest BCUT2D eigenvalue weighted by atomic mass is 10.2. The van der Waals surface area contributed by atoms with Gasteiger partial charge in [-0.15, -0.1) is 11.8 Å². The highest BCUT2D eigenvalue weighted by atomic mass is 35.5. The molecule has 0 aromatic heterocycles. The zero-order chi connectivity index (χ0) is 16.2. The second-order valence-electron chi connectivity index (χ2n) is 5.26. The first-order chi connectivity index (χ1) is 11.1. The summed E-state index contributed by atoms with van der Waals surface area (Å²) in [4.78, 5) is 11.0. The molecule has 2 atom stereocenters. The fourth-order valence-electron chi connectivity index (χ4n) is 2.32. The summed E-state index contributed by atoms with van der Waals surface area (Å²) in [6.45, 7) is 0.462. The maximum absolute atomic E-state index is 11.0. The Morgan fingerprint density at radius 1 is 1.30 bits per heavy atom. The SMILES string of the molecule is O=C(O)[C@@H]1CS[C@@H](c2cccc(OCc3ccc(Cl)cc3)c2)N1. The molecule has 6 heteroatoms. The van der Waals surface area contributed by atoms with Crippen LogP contribution < -0.4 is 10.1 Å². The molecule has 2 N–H and O–H groups in total. The number of hydrogen-bond donors (Lipinski definition) is 2. The first-order valence-electron chi connectivity index (χ1n) is 7.19. The summed E-state index contributed by atoms with van der Waals surface area (Å²) in [5.74, 6) is 0.518. The lowest BCUT2D eigenvalue weighted by Crippen LogP contribution is -2.33. The van der Waals surface area contributed by atoms with Crippen molar-refractivity contribution in [1.29, 1.82) is 0 Å². The van der Waals surface area contributed by atoms with Crippen molar-refractivity contribution in [2.45, 2.75) is 18.0 Å². The van der Waals surface area contributed by atoms with Gasteiger partial charge in [0, 0.05) is 10.8 Å². The predicted octanol–water partition coefficient (Wildman–Crippen LogP) is 3.71. The van der Waals surface area contributed by atoms with Gasteiger partial charge in [0.15, 0.2) is 0 Å². The highest BCUT2D eigenvalue weighted by molar-refractivity contribution is 7.99. The Balaban J connectivity index is 1.63. The second-order valence-corrected chi connectivity index (χ2v) is 6.83.